The van der Waals surface area contributed by atoms with Crippen molar-refractivity contribution in [3.8, 4) is 0 Å². The second kappa shape index (κ2) is 10.5. The molecular formula is C22H30N4O2. The number of urea groups is 1. The van der Waals surface area contributed by atoms with Crippen LogP contribution in [0.5, 0.6) is 0 Å². The standard InChI is InChI=1S/C22H30N4O2/c1-17-8-10-18(11-9-17)16-26(13-12-25(3)4)22(28)24-15-19-6-5-7-20(14-19)21(27)23-2/h5-11,14H,12-13,15-16H2,1-4H3,(H,23,27)(H,24,28). The molecule has 0 atom stereocenters. The predicted molar refractivity (Wildman–Crippen MR) is 112 cm³/mol. The minimum absolute atomic E-state index is 0.118. The third kappa shape index (κ3) is 6.70. The number of nitrogens with one attached hydrogen (secondary N) is 2. The summed E-state index contributed by atoms with van der Waals surface area (Å²) in [5, 5.41) is 5.59. The van der Waals surface area contributed by atoms with Gasteiger partial charge in [0.2, 0.25) is 0 Å². The van der Waals surface area contributed by atoms with Gasteiger partial charge in [0.1, 0.15) is 0 Å². The summed E-state index contributed by atoms with van der Waals surface area (Å²) in [6.45, 7) is 4.39. The van der Waals surface area contributed by atoms with Crippen LogP contribution in [-0.4, -0.2) is 56.0 Å². The topological polar surface area (TPSA) is 64.7 Å². The van der Waals surface area contributed by atoms with Gasteiger partial charge in [-0.3, -0.25) is 4.79 Å². The Balaban J connectivity index is 2.02. The maximum Gasteiger partial charge on any atom is 0.318 e. The van der Waals surface area contributed by atoms with Crippen molar-refractivity contribution in [3.05, 3.63) is 70.8 Å². The van der Waals surface area contributed by atoms with Crippen LogP contribution in [0.4, 0.5) is 4.79 Å². The van der Waals surface area contributed by atoms with Gasteiger partial charge in [0.25, 0.3) is 5.91 Å². The normalized spacial score (nSPS) is 10.6. The van der Waals surface area contributed by atoms with E-state index in [1.807, 2.05) is 38.1 Å². The van der Waals surface area contributed by atoms with Crippen LogP contribution in [0, 0.1) is 6.92 Å². The highest BCUT2D eigenvalue weighted by molar-refractivity contribution is 5.94. The van der Waals surface area contributed by atoms with Crippen molar-refractivity contribution < 1.29 is 9.59 Å². The van der Waals surface area contributed by atoms with E-state index >= 15 is 0 Å². The molecule has 0 aliphatic rings. The first-order valence-corrected chi connectivity index (χ1v) is 9.43. The number of hydrogen-bond donors (Lipinski definition) is 2. The molecule has 0 aliphatic heterocycles. The van der Waals surface area contributed by atoms with Crippen LogP contribution in [0.2, 0.25) is 0 Å². The van der Waals surface area contributed by atoms with Crippen LogP contribution in [0.1, 0.15) is 27.0 Å². The molecule has 2 aromatic rings. The highest BCUT2D eigenvalue weighted by atomic mass is 16.2. The van der Waals surface area contributed by atoms with Crippen molar-refractivity contribution in [1.29, 1.82) is 0 Å². The fourth-order valence-corrected chi connectivity index (χ4v) is 2.74. The number of amides is 3. The molecule has 0 saturated heterocycles. The first-order chi connectivity index (χ1) is 13.4. The molecule has 0 heterocycles. The summed E-state index contributed by atoms with van der Waals surface area (Å²) in [5.41, 5.74) is 3.76. The van der Waals surface area contributed by atoms with Crippen molar-refractivity contribution in [2.45, 2.75) is 20.0 Å². The molecule has 150 valence electrons. The minimum atomic E-state index is -0.139. The molecule has 3 amide bonds. The largest absolute Gasteiger partial charge is 0.355 e. The lowest BCUT2D eigenvalue weighted by atomic mass is 10.1. The molecule has 0 saturated carbocycles. The summed E-state index contributed by atoms with van der Waals surface area (Å²) in [6.07, 6.45) is 0. The van der Waals surface area contributed by atoms with Crippen LogP contribution >= 0.6 is 0 Å². The molecule has 6 nitrogen and oxygen atoms in total. The summed E-state index contributed by atoms with van der Waals surface area (Å²) >= 11 is 0. The van der Waals surface area contributed by atoms with Gasteiger partial charge >= 0.3 is 6.03 Å². The molecule has 2 rings (SSSR count). The number of carbonyl (C=O) groups is 2. The first kappa shape index (κ1) is 21.4. The molecule has 28 heavy (non-hydrogen) atoms. The van der Waals surface area contributed by atoms with Crippen molar-refractivity contribution in [2.75, 3.05) is 34.2 Å². The Labute approximate surface area is 167 Å². The highest BCUT2D eigenvalue weighted by Crippen LogP contribution is 2.09. The second-order valence-electron chi connectivity index (χ2n) is 7.15. The average molecular weight is 383 g/mol. The van der Waals surface area contributed by atoms with E-state index in [2.05, 4.69) is 39.8 Å². The van der Waals surface area contributed by atoms with E-state index in [0.717, 1.165) is 17.7 Å². The zero-order valence-corrected chi connectivity index (χ0v) is 17.2. The number of benzene rings is 2. The zero-order valence-electron chi connectivity index (χ0n) is 17.2. The lowest BCUT2D eigenvalue weighted by Gasteiger charge is -2.25. The Morgan fingerprint density at radius 1 is 0.964 bits per heavy atom. The van der Waals surface area contributed by atoms with Crippen molar-refractivity contribution >= 4 is 11.9 Å². The third-order valence-corrected chi connectivity index (χ3v) is 4.46. The summed E-state index contributed by atoms with van der Waals surface area (Å²) in [4.78, 5) is 28.4. The van der Waals surface area contributed by atoms with E-state index in [9.17, 15) is 9.59 Å². The Bertz CT molecular complexity index is 787. The SMILES string of the molecule is CNC(=O)c1cccc(CNC(=O)N(CCN(C)C)Cc2ccc(C)cc2)c1. The number of hydrogen-bond acceptors (Lipinski definition) is 3. The van der Waals surface area contributed by atoms with Crippen LogP contribution in [-0.2, 0) is 13.1 Å². The van der Waals surface area contributed by atoms with Crippen molar-refractivity contribution in [3.63, 3.8) is 0 Å². The van der Waals surface area contributed by atoms with Gasteiger partial charge in [0.15, 0.2) is 0 Å². The lowest BCUT2D eigenvalue weighted by Crippen LogP contribution is -2.42. The van der Waals surface area contributed by atoms with Crippen LogP contribution in [0.15, 0.2) is 48.5 Å². The van der Waals surface area contributed by atoms with E-state index < -0.39 is 0 Å². The van der Waals surface area contributed by atoms with Crippen LogP contribution in [0.3, 0.4) is 0 Å². The van der Waals surface area contributed by atoms with Gasteiger partial charge < -0.3 is 20.4 Å². The molecule has 6 heteroatoms. The number of aryl methyl sites for hydroxylation is 1. The Morgan fingerprint density at radius 2 is 1.68 bits per heavy atom. The molecule has 0 radical (unpaired) electrons. The molecule has 0 aliphatic carbocycles. The second-order valence-corrected chi connectivity index (χ2v) is 7.15. The zero-order chi connectivity index (χ0) is 20.5. The Hall–Kier alpha value is -2.86. The summed E-state index contributed by atoms with van der Waals surface area (Å²) in [5.74, 6) is -0.139. The Kier molecular flexibility index (Phi) is 8.02. The van der Waals surface area contributed by atoms with Gasteiger partial charge in [-0.1, -0.05) is 42.0 Å². The predicted octanol–water partition coefficient (Wildman–Crippen LogP) is 2.63. The van der Waals surface area contributed by atoms with Gasteiger partial charge in [-0.15, -0.1) is 0 Å². The van der Waals surface area contributed by atoms with Crippen molar-refractivity contribution in [2.24, 2.45) is 0 Å². The number of rotatable bonds is 8. The van der Waals surface area contributed by atoms with Crippen LogP contribution in [0.25, 0.3) is 0 Å². The monoisotopic (exact) mass is 382 g/mol. The smallest absolute Gasteiger partial charge is 0.318 e. The maximum absolute atomic E-state index is 12.8. The number of nitrogens with zero attached hydrogens (tertiary/aromatic N) is 2. The maximum atomic E-state index is 12.8. The fraction of sp³-hybridized carbons (Fsp3) is 0.364. The number of likely N-dealkylation sites (N-methyl/N-ethyl adjacent to an activating group) is 1. The van der Waals surface area contributed by atoms with Gasteiger partial charge in [-0.2, -0.15) is 0 Å². The molecule has 0 unspecified atom stereocenters. The molecular weight excluding hydrogens is 352 g/mol. The molecule has 0 aromatic heterocycles. The summed E-state index contributed by atoms with van der Waals surface area (Å²) < 4.78 is 0. The first-order valence-electron chi connectivity index (χ1n) is 9.43. The van der Waals surface area contributed by atoms with E-state index in [0.29, 0.717) is 25.2 Å². The van der Waals surface area contributed by atoms with E-state index in [4.69, 9.17) is 0 Å². The van der Waals surface area contributed by atoms with E-state index in [1.165, 1.54) is 5.56 Å². The quantitative estimate of drug-likeness (QED) is 0.738. The summed E-state index contributed by atoms with van der Waals surface area (Å²) in [6, 6.07) is 15.4. The van der Waals surface area contributed by atoms with Gasteiger partial charge in [0, 0.05) is 38.8 Å². The van der Waals surface area contributed by atoms with Gasteiger partial charge in [0.05, 0.1) is 0 Å². The minimum Gasteiger partial charge on any atom is -0.355 e. The van der Waals surface area contributed by atoms with E-state index in [1.54, 1.807) is 19.2 Å². The van der Waals surface area contributed by atoms with Crippen LogP contribution < -0.4 is 10.6 Å². The van der Waals surface area contributed by atoms with Crippen molar-refractivity contribution in [1.82, 2.24) is 20.4 Å². The fourth-order valence-electron chi connectivity index (χ4n) is 2.74. The van der Waals surface area contributed by atoms with Gasteiger partial charge in [-0.25, -0.2) is 4.79 Å². The molecule has 0 fully saturated rings. The highest BCUT2D eigenvalue weighted by Gasteiger charge is 2.14. The number of carbonyl (C=O) groups excluding carboxylic acids is 2. The summed E-state index contributed by atoms with van der Waals surface area (Å²) in [7, 11) is 5.59. The molecule has 2 N–H and O–H groups in total. The molecule has 0 bridgehead atoms. The molecule has 2 aromatic carbocycles. The van der Waals surface area contributed by atoms with E-state index in [-0.39, 0.29) is 11.9 Å². The average Bonchev–Trinajstić information content (AvgIpc) is 2.70. The Morgan fingerprint density at radius 3 is 2.32 bits per heavy atom. The molecule has 0 spiro atoms. The van der Waals surface area contributed by atoms with Gasteiger partial charge in [-0.05, 0) is 44.3 Å². The third-order valence-electron chi connectivity index (χ3n) is 4.46. The lowest BCUT2D eigenvalue weighted by molar-refractivity contribution is 0.0963.